The molecule has 1 aliphatic carbocycles. The van der Waals surface area contributed by atoms with Gasteiger partial charge in [0, 0.05) is 6.54 Å². The number of para-hydroxylation sites is 2. The van der Waals surface area contributed by atoms with Crippen molar-refractivity contribution in [2.45, 2.75) is 39.0 Å². The summed E-state index contributed by atoms with van der Waals surface area (Å²) in [7, 11) is 0. The van der Waals surface area contributed by atoms with Crippen LogP contribution in [0.5, 0.6) is 0 Å². The molecule has 3 rings (SSSR count). The molecule has 0 atom stereocenters. The van der Waals surface area contributed by atoms with Gasteiger partial charge in [0.15, 0.2) is 11.6 Å². The summed E-state index contributed by atoms with van der Waals surface area (Å²) >= 11 is 0. The molecule has 0 unspecified atom stereocenters. The molecule has 3 N–H and O–H groups in total. The summed E-state index contributed by atoms with van der Waals surface area (Å²) in [5.41, 5.74) is 7.73. The molecule has 1 fully saturated rings. The topological polar surface area (TPSA) is 63.8 Å². The van der Waals surface area contributed by atoms with E-state index in [2.05, 4.69) is 22.2 Å². The predicted molar refractivity (Wildman–Crippen MR) is 88.2 cm³/mol. The highest BCUT2D eigenvalue weighted by molar-refractivity contribution is 5.79. The van der Waals surface area contributed by atoms with Gasteiger partial charge in [0.1, 0.15) is 0 Å². The highest BCUT2D eigenvalue weighted by Gasteiger charge is 2.17. The summed E-state index contributed by atoms with van der Waals surface area (Å²) in [5.74, 6) is 2.98. The van der Waals surface area contributed by atoms with E-state index in [4.69, 9.17) is 5.73 Å². The third kappa shape index (κ3) is 3.43. The second-order valence-electron chi connectivity index (χ2n) is 6.29. The third-order valence-corrected chi connectivity index (χ3v) is 4.58. The van der Waals surface area contributed by atoms with Crippen LogP contribution in [0.1, 0.15) is 39.0 Å². The van der Waals surface area contributed by atoms with E-state index in [1.165, 1.54) is 32.1 Å². The number of nitrogens with zero attached hydrogens (tertiary/aromatic N) is 2. The van der Waals surface area contributed by atoms with Gasteiger partial charge >= 0.3 is 0 Å². The highest BCUT2D eigenvalue weighted by atomic mass is 15.1. The van der Waals surface area contributed by atoms with Crippen molar-refractivity contribution < 1.29 is 0 Å². The molecule has 1 saturated carbocycles. The first-order chi connectivity index (χ1) is 10.2. The molecule has 1 aliphatic rings. The van der Waals surface area contributed by atoms with Gasteiger partial charge in [-0.25, -0.2) is 9.97 Å². The molecule has 112 valence electrons. The largest absolute Gasteiger partial charge is 0.381 e. The molecule has 1 aromatic carbocycles. The van der Waals surface area contributed by atoms with Crippen LogP contribution in [0.25, 0.3) is 11.0 Å². The number of fused-ring (bicyclic) bond motifs is 1. The Balaban J connectivity index is 1.59. The van der Waals surface area contributed by atoms with Gasteiger partial charge < -0.3 is 11.1 Å². The zero-order valence-electron chi connectivity index (χ0n) is 12.7. The first-order valence-corrected chi connectivity index (χ1v) is 7.98. The quantitative estimate of drug-likeness (QED) is 0.895. The van der Waals surface area contributed by atoms with Gasteiger partial charge in [-0.1, -0.05) is 44.7 Å². The van der Waals surface area contributed by atoms with Gasteiger partial charge in [0.25, 0.3) is 0 Å². The summed E-state index contributed by atoms with van der Waals surface area (Å²) in [4.78, 5) is 8.97. The highest BCUT2D eigenvalue weighted by Crippen LogP contribution is 2.30. The monoisotopic (exact) mass is 284 g/mol. The van der Waals surface area contributed by atoms with Gasteiger partial charge in [-0.05, 0) is 30.4 Å². The van der Waals surface area contributed by atoms with E-state index in [0.717, 1.165) is 35.2 Å². The lowest BCUT2D eigenvalue weighted by Gasteiger charge is -2.26. The molecule has 1 aromatic heterocycles. The number of anilines is 2. The summed E-state index contributed by atoms with van der Waals surface area (Å²) in [6, 6.07) is 7.83. The van der Waals surface area contributed by atoms with Crippen molar-refractivity contribution in [2.24, 2.45) is 11.8 Å². The molecule has 0 saturated heterocycles. The van der Waals surface area contributed by atoms with E-state index >= 15 is 0 Å². The van der Waals surface area contributed by atoms with Crippen LogP contribution in [-0.4, -0.2) is 16.5 Å². The first-order valence-electron chi connectivity index (χ1n) is 7.98. The molecule has 0 amide bonds. The van der Waals surface area contributed by atoms with Crippen LogP contribution in [0.15, 0.2) is 24.3 Å². The SMILES string of the molecule is CC1CCC(CCNc2nc3ccccc3nc2N)CC1. The summed E-state index contributed by atoms with van der Waals surface area (Å²) in [6.07, 6.45) is 6.68. The Hall–Kier alpha value is -1.84. The molecule has 2 aromatic rings. The van der Waals surface area contributed by atoms with E-state index in [1.54, 1.807) is 0 Å². The molecule has 0 radical (unpaired) electrons. The fourth-order valence-electron chi connectivity index (χ4n) is 3.16. The molecule has 0 spiro atoms. The number of hydrogen-bond donors (Lipinski definition) is 2. The molecule has 1 heterocycles. The second kappa shape index (κ2) is 6.29. The standard InChI is InChI=1S/C17H24N4/c1-12-6-8-13(9-7-12)10-11-19-17-16(18)20-14-4-2-3-5-15(14)21-17/h2-5,12-13H,6-11H2,1H3,(H2,18,20)(H,19,21). The number of nitrogens with two attached hydrogens (primary N) is 1. The average molecular weight is 284 g/mol. The minimum Gasteiger partial charge on any atom is -0.381 e. The Morgan fingerprint density at radius 2 is 1.76 bits per heavy atom. The van der Waals surface area contributed by atoms with Crippen LogP contribution in [0, 0.1) is 11.8 Å². The first kappa shape index (κ1) is 14.1. The predicted octanol–water partition coefficient (Wildman–Crippen LogP) is 3.84. The number of rotatable bonds is 4. The normalized spacial score (nSPS) is 22.3. The Labute approximate surface area is 126 Å². The lowest BCUT2D eigenvalue weighted by Crippen LogP contribution is -2.16. The molecule has 0 aliphatic heterocycles. The maximum Gasteiger partial charge on any atom is 0.169 e. The van der Waals surface area contributed by atoms with E-state index < -0.39 is 0 Å². The smallest absolute Gasteiger partial charge is 0.169 e. The number of nitrogen functional groups attached to an aromatic ring is 1. The van der Waals surface area contributed by atoms with Crippen LogP contribution in [0.4, 0.5) is 11.6 Å². The number of nitrogens with one attached hydrogen (secondary N) is 1. The molecule has 21 heavy (non-hydrogen) atoms. The van der Waals surface area contributed by atoms with Crippen LogP contribution < -0.4 is 11.1 Å². The van der Waals surface area contributed by atoms with E-state index in [9.17, 15) is 0 Å². The zero-order chi connectivity index (χ0) is 14.7. The Morgan fingerprint density at radius 1 is 1.10 bits per heavy atom. The third-order valence-electron chi connectivity index (χ3n) is 4.58. The minimum atomic E-state index is 0.492. The molecular weight excluding hydrogens is 260 g/mol. The summed E-state index contributed by atoms with van der Waals surface area (Å²) in [6.45, 7) is 3.29. The second-order valence-corrected chi connectivity index (χ2v) is 6.29. The van der Waals surface area contributed by atoms with Crippen molar-refractivity contribution in [3.63, 3.8) is 0 Å². The summed E-state index contributed by atoms with van der Waals surface area (Å²) in [5, 5.41) is 3.36. The number of benzene rings is 1. The van der Waals surface area contributed by atoms with Gasteiger partial charge in [-0.2, -0.15) is 0 Å². The fraction of sp³-hybridized carbons (Fsp3) is 0.529. The molecular formula is C17H24N4. The fourth-order valence-corrected chi connectivity index (χ4v) is 3.16. The van der Waals surface area contributed by atoms with Crippen LogP contribution in [-0.2, 0) is 0 Å². The van der Waals surface area contributed by atoms with Crippen molar-refractivity contribution >= 4 is 22.7 Å². The Bertz CT molecular complexity index is 603. The van der Waals surface area contributed by atoms with Crippen molar-refractivity contribution in [1.82, 2.24) is 9.97 Å². The Kier molecular flexibility index (Phi) is 4.23. The molecule has 4 heteroatoms. The van der Waals surface area contributed by atoms with E-state index in [1.807, 2.05) is 24.3 Å². The lowest BCUT2D eigenvalue weighted by atomic mass is 9.81. The van der Waals surface area contributed by atoms with Crippen LogP contribution >= 0.6 is 0 Å². The van der Waals surface area contributed by atoms with Crippen molar-refractivity contribution in [3.8, 4) is 0 Å². The van der Waals surface area contributed by atoms with Gasteiger partial charge in [-0.3, -0.25) is 0 Å². The summed E-state index contributed by atoms with van der Waals surface area (Å²) < 4.78 is 0. The maximum atomic E-state index is 5.99. The average Bonchev–Trinajstić information content (AvgIpc) is 2.50. The van der Waals surface area contributed by atoms with Crippen molar-refractivity contribution in [3.05, 3.63) is 24.3 Å². The van der Waals surface area contributed by atoms with Gasteiger partial charge in [-0.15, -0.1) is 0 Å². The molecule has 0 bridgehead atoms. The minimum absolute atomic E-state index is 0.492. The van der Waals surface area contributed by atoms with Crippen molar-refractivity contribution in [1.29, 1.82) is 0 Å². The zero-order valence-corrected chi connectivity index (χ0v) is 12.7. The van der Waals surface area contributed by atoms with Gasteiger partial charge in [0.05, 0.1) is 11.0 Å². The maximum absolute atomic E-state index is 5.99. The van der Waals surface area contributed by atoms with E-state index in [-0.39, 0.29) is 0 Å². The lowest BCUT2D eigenvalue weighted by molar-refractivity contribution is 0.282. The number of aromatic nitrogens is 2. The van der Waals surface area contributed by atoms with Crippen LogP contribution in [0.3, 0.4) is 0 Å². The van der Waals surface area contributed by atoms with Gasteiger partial charge in [0.2, 0.25) is 0 Å². The molecule has 4 nitrogen and oxygen atoms in total. The van der Waals surface area contributed by atoms with E-state index in [0.29, 0.717) is 5.82 Å². The Morgan fingerprint density at radius 3 is 2.48 bits per heavy atom. The van der Waals surface area contributed by atoms with Crippen molar-refractivity contribution in [2.75, 3.05) is 17.6 Å². The number of hydrogen-bond acceptors (Lipinski definition) is 4. The van der Waals surface area contributed by atoms with Crippen LogP contribution in [0.2, 0.25) is 0 Å².